The first-order valence-corrected chi connectivity index (χ1v) is 8.97. The molecule has 7 heteroatoms. The maximum atomic E-state index is 9.08. The van der Waals surface area contributed by atoms with Gasteiger partial charge in [-0.1, -0.05) is 17.7 Å². The molecule has 0 saturated heterocycles. The highest BCUT2D eigenvalue weighted by Crippen LogP contribution is 2.26. The van der Waals surface area contributed by atoms with Crippen molar-refractivity contribution in [1.29, 1.82) is 0 Å². The predicted molar refractivity (Wildman–Crippen MR) is 112 cm³/mol. The van der Waals surface area contributed by atoms with Crippen LogP contribution in [0.25, 0.3) is 23.1 Å². The molecule has 27 heavy (non-hydrogen) atoms. The summed E-state index contributed by atoms with van der Waals surface area (Å²) in [5.74, 6) is 2.21. The molecule has 6 nitrogen and oxygen atoms in total. The van der Waals surface area contributed by atoms with Gasteiger partial charge in [0, 0.05) is 38.1 Å². The Kier molecular flexibility index (Phi) is 5.88. The van der Waals surface area contributed by atoms with Crippen molar-refractivity contribution in [2.75, 3.05) is 44.1 Å². The van der Waals surface area contributed by atoms with Crippen LogP contribution in [-0.4, -0.2) is 54.4 Å². The SMILES string of the molecule is CN(C)c1nc(/C=C/c2cccc(N(C)CCO)n2)nc2ccc(Cl)cc12. The number of aliphatic hydroxyl groups excluding tert-OH is 1. The number of pyridine rings is 1. The molecule has 0 atom stereocenters. The summed E-state index contributed by atoms with van der Waals surface area (Å²) in [6.45, 7) is 0.614. The van der Waals surface area contributed by atoms with Crippen molar-refractivity contribution in [3.8, 4) is 0 Å². The van der Waals surface area contributed by atoms with Crippen LogP contribution in [0.5, 0.6) is 0 Å². The second kappa shape index (κ2) is 8.33. The first-order valence-electron chi connectivity index (χ1n) is 8.59. The number of aliphatic hydroxyl groups is 1. The van der Waals surface area contributed by atoms with E-state index < -0.39 is 0 Å². The molecule has 0 radical (unpaired) electrons. The first-order chi connectivity index (χ1) is 13.0. The number of benzene rings is 1. The summed E-state index contributed by atoms with van der Waals surface area (Å²) < 4.78 is 0. The van der Waals surface area contributed by atoms with E-state index >= 15 is 0 Å². The molecular weight excluding hydrogens is 362 g/mol. The molecule has 0 bridgehead atoms. The largest absolute Gasteiger partial charge is 0.395 e. The number of rotatable bonds is 6. The highest BCUT2D eigenvalue weighted by atomic mass is 35.5. The minimum atomic E-state index is 0.0838. The van der Waals surface area contributed by atoms with Crippen molar-refractivity contribution in [2.45, 2.75) is 0 Å². The molecule has 0 spiro atoms. The third-order valence-corrected chi connectivity index (χ3v) is 4.30. The Bertz CT molecular complexity index is 974. The van der Waals surface area contributed by atoms with Crippen molar-refractivity contribution in [2.24, 2.45) is 0 Å². The first kappa shape index (κ1) is 19.1. The van der Waals surface area contributed by atoms with Gasteiger partial charge in [-0.3, -0.25) is 0 Å². The van der Waals surface area contributed by atoms with Gasteiger partial charge in [-0.05, 0) is 42.5 Å². The lowest BCUT2D eigenvalue weighted by molar-refractivity contribution is 0.304. The Morgan fingerprint density at radius 3 is 2.59 bits per heavy atom. The van der Waals surface area contributed by atoms with E-state index in [2.05, 4.69) is 15.0 Å². The van der Waals surface area contributed by atoms with E-state index in [1.165, 1.54) is 0 Å². The number of aromatic nitrogens is 3. The summed E-state index contributed by atoms with van der Waals surface area (Å²) in [5, 5.41) is 10.7. The third kappa shape index (κ3) is 4.53. The predicted octanol–water partition coefficient (Wildman–Crippen LogP) is 3.34. The van der Waals surface area contributed by atoms with Gasteiger partial charge in [-0.15, -0.1) is 0 Å². The van der Waals surface area contributed by atoms with Gasteiger partial charge in [-0.25, -0.2) is 15.0 Å². The van der Waals surface area contributed by atoms with Crippen LogP contribution in [0.1, 0.15) is 11.5 Å². The fourth-order valence-electron chi connectivity index (χ4n) is 2.69. The monoisotopic (exact) mass is 383 g/mol. The molecule has 2 aromatic heterocycles. The number of hydrogen-bond donors (Lipinski definition) is 1. The maximum Gasteiger partial charge on any atom is 0.155 e. The highest BCUT2D eigenvalue weighted by molar-refractivity contribution is 6.31. The highest BCUT2D eigenvalue weighted by Gasteiger charge is 2.09. The average molecular weight is 384 g/mol. The van der Waals surface area contributed by atoms with Crippen molar-refractivity contribution >= 4 is 46.3 Å². The number of likely N-dealkylation sites (N-methyl/N-ethyl adjacent to an activating group) is 1. The van der Waals surface area contributed by atoms with Crippen LogP contribution in [-0.2, 0) is 0 Å². The molecule has 1 N–H and O–H groups in total. The minimum absolute atomic E-state index is 0.0838. The smallest absolute Gasteiger partial charge is 0.155 e. The van der Waals surface area contributed by atoms with Crippen molar-refractivity contribution in [3.63, 3.8) is 0 Å². The molecule has 1 aromatic carbocycles. The van der Waals surface area contributed by atoms with Gasteiger partial charge in [-0.2, -0.15) is 0 Å². The zero-order chi connectivity index (χ0) is 19.4. The molecular formula is C20H22ClN5O. The third-order valence-electron chi connectivity index (χ3n) is 4.06. The summed E-state index contributed by atoms with van der Waals surface area (Å²) in [6, 6.07) is 11.4. The van der Waals surface area contributed by atoms with Crippen LogP contribution in [0.15, 0.2) is 36.4 Å². The number of hydrogen-bond acceptors (Lipinski definition) is 6. The minimum Gasteiger partial charge on any atom is -0.395 e. The molecule has 0 aliphatic heterocycles. The molecule has 0 fully saturated rings. The summed E-state index contributed by atoms with van der Waals surface area (Å²) >= 11 is 6.12. The Balaban J connectivity index is 1.94. The maximum absolute atomic E-state index is 9.08. The molecule has 140 valence electrons. The van der Waals surface area contributed by atoms with E-state index in [-0.39, 0.29) is 6.61 Å². The van der Waals surface area contributed by atoms with Crippen molar-refractivity contribution < 1.29 is 5.11 Å². The summed E-state index contributed by atoms with van der Waals surface area (Å²) in [5.41, 5.74) is 1.63. The molecule has 3 aromatic rings. The van der Waals surface area contributed by atoms with E-state index in [1.807, 2.05) is 79.5 Å². The molecule has 0 amide bonds. The topological polar surface area (TPSA) is 65.4 Å². The Morgan fingerprint density at radius 2 is 1.85 bits per heavy atom. The average Bonchev–Trinajstić information content (AvgIpc) is 2.66. The molecule has 2 heterocycles. The Morgan fingerprint density at radius 1 is 1.04 bits per heavy atom. The zero-order valence-corrected chi connectivity index (χ0v) is 16.4. The van der Waals surface area contributed by atoms with Gasteiger partial charge in [0.05, 0.1) is 17.8 Å². The standard InChI is InChI=1S/C20H22ClN5O/c1-25(2)20-16-13-14(21)7-9-17(16)23-18(24-20)10-8-15-5-4-6-19(22-15)26(3)11-12-27/h4-10,13,27H,11-12H2,1-3H3/b10-8+. The van der Waals surface area contributed by atoms with E-state index in [0.29, 0.717) is 17.4 Å². The van der Waals surface area contributed by atoms with Gasteiger partial charge in [0.2, 0.25) is 0 Å². The van der Waals surface area contributed by atoms with Crippen LogP contribution in [0.2, 0.25) is 5.02 Å². The van der Waals surface area contributed by atoms with Gasteiger partial charge in [0.15, 0.2) is 5.82 Å². The molecule has 0 aliphatic carbocycles. The van der Waals surface area contributed by atoms with E-state index in [0.717, 1.165) is 28.2 Å². The second-order valence-electron chi connectivity index (χ2n) is 6.36. The lowest BCUT2D eigenvalue weighted by Gasteiger charge is -2.16. The van der Waals surface area contributed by atoms with Crippen LogP contribution >= 0.6 is 11.6 Å². The zero-order valence-electron chi connectivity index (χ0n) is 15.6. The fraction of sp³-hybridized carbons (Fsp3) is 0.250. The number of nitrogens with zero attached hydrogens (tertiary/aromatic N) is 5. The van der Waals surface area contributed by atoms with Crippen molar-refractivity contribution in [3.05, 3.63) is 52.9 Å². The van der Waals surface area contributed by atoms with E-state index in [4.69, 9.17) is 16.7 Å². The van der Waals surface area contributed by atoms with E-state index in [9.17, 15) is 0 Å². The second-order valence-corrected chi connectivity index (χ2v) is 6.80. The van der Waals surface area contributed by atoms with Crippen LogP contribution in [0.3, 0.4) is 0 Å². The summed E-state index contributed by atoms with van der Waals surface area (Å²) in [7, 11) is 5.78. The molecule has 0 aliphatic rings. The van der Waals surface area contributed by atoms with Crippen molar-refractivity contribution in [1.82, 2.24) is 15.0 Å². The van der Waals surface area contributed by atoms with Gasteiger partial charge < -0.3 is 14.9 Å². The van der Waals surface area contributed by atoms with Gasteiger partial charge in [0.1, 0.15) is 11.6 Å². The number of anilines is 2. The Labute approximate surface area is 163 Å². The number of halogens is 1. The quantitative estimate of drug-likeness (QED) is 0.704. The molecule has 3 rings (SSSR count). The number of fused-ring (bicyclic) bond motifs is 1. The fourth-order valence-corrected chi connectivity index (χ4v) is 2.86. The van der Waals surface area contributed by atoms with Crippen LogP contribution in [0.4, 0.5) is 11.6 Å². The van der Waals surface area contributed by atoms with E-state index in [1.54, 1.807) is 0 Å². The lowest BCUT2D eigenvalue weighted by Crippen LogP contribution is -2.22. The van der Waals surface area contributed by atoms with Gasteiger partial charge in [0.25, 0.3) is 0 Å². The normalized spacial score (nSPS) is 11.3. The lowest BCUT2D eigenvalue weighted by atomic mass is 10.2. The van der Waals surface area contributed by atoms with Crippen LogP contribution in [0, 0.1) is 0 Å². The molecule has 0 unspecified atom stereocenters. The Hall–Kier alpha value is -2.70. The summed E-state index contributed by atoms with van der Waals surface area (Å²) in [6.07, 6.45) is 3.73. The van der Waals surface area contributed by atoms with Gasteiger partial charge >= 0.3 is 0 Å². The molecule has 0 saturated carbocycles. The summed E-state index contributed by atoms with van der Waals surface area (Å²) in [4.78, 5) is 17.7. The van der Waals surface area contributed by atoms with Crippen LogP contribution < -0.4 is 9.80 Å².